The van der Waals surface area contributed by atoms with Crippen LogP contribution in [0.1, 0.15) is 30.9 Å². The van der Waals surface area contributed by atoms with Crippen LogP contribution in [-0.4, -0.2) is 38.3 Å². The number of nitrogens with zero attached hydrogens (tertiary/aromatic N) is 1. The maximum atomic E-state index is 13.2. The smallest absolute Gasteiger partial charge is 0.123 e. The van der Waals surface area contributed by atoms with E-state index in [9.17, 15) is 4.39 Å². The van der Waals surface area contributed by atoms with Gasteiger partial charge in [-0.25, -0.2) is 4.39 Å². The van der Waals surface area contributed by atoms with Crippen LogP contribution in [0.4, 0.5) is 4.39 Å². The number of benzene rings is 1. The Labute approximate surface area is 120 Å². The van der Waals surface area contributed by atoms with Crippen LogP contribution in [0, 0.1) is 11.7 Å². The monoisotopic (exact) mass is 280 g/mol. The molecule has 0 radical (unpaired) electrons. The highest BCUT2D eigenvalue weighted by atomic mass is 19.1. The first-order valence-corrected chi connectivity index (χ1v) is 7.42. The van der Waals surface area contributed by atoms with E-state index < -0.39 is 0 Å². The van der Waals surface area contributed by atoms with Gasteiger partial charge in [-0.05, 0) is 56.5 Å². The maximum Gasteiger partial charge on any atom is 0.123 e. The van der Waals surface area contributed by atoms with E-state index >= 15 is 0 Å². The van der Waals surface area contributed by atoms with Gasteiger partial charge < -0.3 is 15.4 Å². The molecule has 0 spiro atoms. The Bertz CT molecular complexity index is 407. The van der Waals surface area contributed by atoms with E-state index in [0.29, 0.717) is 0 Å². The highest BCUT2D eigenvalue weighted by molar-refractivity contribution is 5.19. The van der Waals surface area contributed by atoms with Crippen molar-refractivity contribution in [2.75, 3.05) is 33.4 Å². The van der Waals surface area contributed by atoms with Gasteiger partial charge in [-0.1, -0.05) is 12.1 Å². The van der Waals surface area contributed by atoms with Gasteiger partial charge in [0.25, 0.3) is 0 Å². The number of rotatable bonds is 6. The molecule has 3 nitrogen and oxygen atoms in total. The minimum Gasteiger partial charge on any atom is -0.381 e. The molecule has 0 bridgehead atoms. The van der Waals surface area contributed by atoms with Gasteiger partial charge in [-0.2, -0.15) is 0 Å². The van der Waals surface area contributed by atoms with Crippen molar-refractivity contribution in [1.82, 2.24) is 4.90 Å². The van der Waals surface area contributed by atoms with Gasteiger partial charge in [0.05, 0.1) is 0 Å². The van der Waals surface area contributed by atoms with Gasteiger partial charge in [0.15, 0.2) is 0 Å². The predicted octanol–water partition coefficient (Wildman–Crippen LogP) is 2.57. The summed E-state index contributed by atoms with van der Waals surface area (Å²) in [5.74, 6) is 0.521. The van der Waals surface area contributed by atoms with E-state index in [-0.39, 0.29) is 11.9 Å². The largest absolute Gasteiger partial charge is 0.381 e. The molecule has 1 unspecified atom stereocenters. The van der Waals surface area contributed by atoms with Crippen LogP contribution < -0.4 is 5.73 Å². The molecule has 20 heavy (non-hydrogen) atoms. The van der Waals surface area contributed by atoms with Gasteiger partial charge >= 0.3 is 0 Å². The summed E-state index contributed by atoms with van der Waals surface area (Å²) in [6.07, 6.45) is 3.16. The van der Waals surface area contributed by atoms with E-state index in [0.717, 1.165) is 57.0 Å². The third-order valence-corrected chi connectivity index (χ3v) is 4.01. The van der Waals surface area contributed by atoms with E-state index in [4.69, 9.17) is 10.5 Å². The van der Waals surface area contributed by atoms with Crippen LogP contribution in [0.2, 0.25) is 0 Å². The van der Waals surface area contributed by atoms with Gasteiger partial charge in [0.1, 0.15) is 5.82 Å². The van der Waals surface area contributed by atoms with Crippen molar-refractivity contribution in [1.29, 1.82) is 0 Å². The maximum absolute atomic E-state index is 13.2. The van der Waals surface area contributed by atoms with E-state index in [1.165, 1.54) is 12.1 Å². The molecule has 1 aromatic rings. The van der Waals surface area contributed by atoms with Crippen molar-refractivity contribution in [3.63, 3.8) is 0 Å². The second-order valence-electron chi connectivity index (χ2n) is 5.77. The average Bonchev–Trinajstić information content (AvgIpc) is 2.46. The summed E-state index contributed by atoms with van der Waals surface area (Å²) < 4.78 is 18.5. The Balaban J connectivity index is 1.73. The van der Waals surface area contributed by atoms with E-state index in [1.807, 2.05) is 6.07 Å². The third kappa shape index (κ3) is 4.85. The normalized spacial score (nSPS) is 18.4. The summed E-state index contributed by atoms with van der Waals surface area (Å²) in [6, 6.07) is 6.50. The molecule has 1 aromatic carbocycles. The SMILES string of the molecule is CN(CCC(N)c1cccc(F)c1)CC1CCOCC1. The molecule has 1 saturated heterocycles. The minimum atomic E-state index is -0.214. The second kappa shape index (κ2) is 7.72. The lowest BCUT2D eigenvalue weighted by molar-refractivity contribution is 0.0554. The predicted molar refractivity (Wildman–Crippen MR) is 79.0 cm³/mol. The highest BCUT2D eigenvalue weighted by Crippen LogP contribution is 2.18. The molecule has 4 heteroatoms. The number of hydrogen-bond acceptors (Lipinski definition) is 3. The van der Waals surface area contributed by atoms with Crippen molar-refractivity contribution < 1.29 is 9.13 Å². The van der Waals surface area contributed by atoms with Crippen molar-refractivity contribution in [3.05, 3.63) is 35.6 Å². The van der Waals surface area contributed by atoms with Crippen LogP contribution in [0.3, 0.4) is 0 Å². The molecule has 1 aliphatic heterocycles. The van der Waals surface area contributed by atoms with Gasteiger partial charge in [0, 0.05) is 25.8 Å². The fourth-order valence-electron chi connectivity index (χ4n) is 2.72. The molecule has 0 aliphatic carbocycles. The van der Waals surface area contributed by atoms with Crippen LogP contribution in [0.25, 0.3) is 0 Å². The van der Waals surface area contributed by atoms with Gasteiger partial charge in [0.2, 0.25) is 0 Å². The molecule has 112 valence electrons. The summed E-state index contributed by atoms with van der Waals surface area (Å²) >= 11 is 0. The molecular formula is C16H25FN2O. The summed E-state index contributed by atoms with van der Waals surface area (Å²) in [5, 5.41) is 0. The molecule has 2 N–H and O–H groups in total. The number of halogens is 1. The molecular weight excluding hydrogens is 255 g/mol. The lowest BCUT2D eigenvalue weighted by Crippen LogP contribution is -2.31. The zero-order valence-electron chi connectivity index (χ0n) is 12.2. The van der Waals surface area contributed by atoms with Crippen molar-refractivity contribution in [2.24, 2.45) is 11.7 Å². The summed E-state index contributed by atoms with van der Waals surface area (Å²) in [6.45, 7) is 3.82. The molecule has 1 fully saturated rings. The lowest BCUT2D eigenvalue weighted by Gasteiger charge is -2.27. The van der Waals surface area contributed by atoms with Crippen molar-refractivity contribution in [3.8, 4) is 0 Å². The van der Waals surface area contributed by atoms with Crippen LogP contribution in [0.5, 0.6) is 0 Å². The molecule has 2 rings (SSSR count). The summed E-state index contributed by atoms with van der Waals surface area (Å²) in [5.41, 5.74) is 7.01. The van der Waals surface area contributed by atoms with E-state index in [2.05, 4.69) is 11.9 Å². The first-order chi connectivity index (χ1) is 9.65. The molecule has 0 saturated carbocycles. The van der Waals surface area contributed by atoms with Crippen LogP contribution >= 0.6 is 0 Å². The lowest BCUT2D eigenvalue weighted by atomic mass is 9.99. The van der Waals surface area contributed by atoms with Crippen molar-refractivity contribution >= 4 is 0 Å². The Kier molecular flexibility index (Phi) is 5.95. The minimum absolute atomic E-state index is 0.0946. The van der Waals surface area contributed by atoms with Gasteiger partial charge in [-0.15, -0.1) is 0 Å². The second-order valence-corrected chi connectivity index (χ2v) is 5.77. The van der Waals surface area contributed by atoms with Crippen molar-refractivity contribution in [2.45, 2.75) is 25.3 Å². The van der Waals surface area contributed by atoms with Crippen LogP contribution in [-0.2, 0) is 4.74 Å². The highest BCUT2D eigenvalue weighted by Gasteiger charge is 2.16. The molecule has 0 amide bonds. The Morgan fingerprint density at radius 2 is 2.15 bits per heavy atom. The fraction of sp³-hybridized carbons (Fsp3) is 0.625. The Morgan fingerprint density at radius 1 is 1.40 bits per heavy atom. The summed E-state index contributed by atoms with van der Waals surface area (Å²) in [4.78, 5) is 2.33. The first kappa shape index (κ1) is 15.4. The Morgan fingerprint density at radius 3 is 2.85 bits per heavy atom. The first-order valence-electron chi connectivity index (χ1n) is 7.42. The standard InChI is InChI=1S/C16H25FN2O/c1-19(12-13-6-9-20-10-7-13)8-5-16(18)14-3-2-4-15(17)11-14/h2-4,11,13,16H,5-10,12,18H2,1H3. The zero-order chi connectivity index (χ0) is 14.4. The van der Waals surface area contributed by atoms with Crippen LogP contribution in [0.15, 0.2) is 24.3 Å². The fourth-order valence-corrected chi connectivity index (χ4v) is 2.72. The molecule has 1 aliphatic rings. The number of nitrogens with two attached hydrogens (primary N) is 1. The zero-order valence-corrected chi connectivity index (χ0v) is 12.2. The quantitative estimate of drug-likeness (QED) is 0.870. The molecule has 1 heterocycles. The Hall–Kier alpha value is -0.970. The van der Waals surface area contributed by atoms with Gasteiger partial charge in [-0.3, -0.25) is 0 Å². The summed E-state index contributed by atoms with van der Waals surface area (Å²) in [7, 11) is 2.13. The third-order valence-electron chi connectivity index (χ3n) is 4.01. The topological polar surface area (TPSA) is 38.5 Å². The number of hydrogen-bond donors (Lipinski definition) is 1. The number of ether oxygens (including phenoxy) is 1. The average molecular weight is 280 g/mol. The molecule has 1 atom stereocenters. The van der Waals surface area contributed by atoms with E-state index in [1.54, 1.807) is 6.07 Å². The molecule has 0 aromatic heterocycles.